The Balaban J connectivity index is 2.60. The van der Waals surface area contributed by atoms with E-state index in [1.165, 1.54) is 12.3 Å². The summed E-state index contributed by atoms with van der Waals surface area (Å²) in [5.74, 6) is -2.66. The molecule has 0 aliphatic heterocycles. The first-order valence-electron chi connectivity index (χ1n) is 6.55. The molecule has 0 spiro atoms. The Morgan fingerprint density at radius 1 is 1.12 bits per heavy atom. The van der Waals surface area contributed by atoms with Crippen LogP contribution in [0.4, 0.5) is 4.39 Å². The van der Waals surface area contributed by atoms with Gasteiger partial charge >= 0.3 is 15.2 Å². The van der Waals surface area contributed by atoms with Crippen molar-refractivity contribution in [3.8, 4) is 11.1 Å². The smallest absolute Gasteiger partial charge is 0.360 e. The molecule has 0 aliphatic carbocycles. The number of hydrogen-bond acceptors (Lipinski definition) is 5. The van der Waals surface area contributed by atoms with Crippen molar-refractivity contribution in [2.24, 2.45) is 0 Å². The summed E-state index contributed by atoms with van der Waals surface area (Å²) in [4.78, 5) is 40.5. The van der Waals surface area contributed by atoms with E-state index in [-0.39, 0.29) is 5.56 Å². The predicted octanol–water partition coefficient (Wildman–Crippen LogP) is 2.05. The van der Waals surface area contributed by atoms with Crippen LogP contribution in [0.2, 0.25) is 0 Å². The number of rotatable bonds is 5. The van der Waals surface area contributed by atoms with Crippen molar-refractivity contribution < 1.29 is 37.6 Å². The molecule has 0 radical (unpaired) electrons. The second kappa shape index (κ2) is 6.48. The topological polar surface area (TPSA) is 154 Å². The van der Waals surface area contributed by atoms with Gasteiger partial charge in [0.15, 0.2) is 0 Å². The van der Waals surface area contributed by atoms with Gasteiger partial charge in [0.1, 0.15) is 11.4 Å². The van der Waals surface area contributed by atoms with E-state index >= 15 is 0 Å². The van der Waals surface area contributed by atoms with E-state index in [1.807, 2.05) is 0 Å². The number of hydrogen-bond donors (Lipinski definition) is 4. The number of pyridine rings is 1. The molecule has 2 aromatic rings. The predicted molar refractivity (Wildman–Crippen MR) is 80.9 cm³/mol. The first-order chi connectivity index (χ1) is 10.9. The third-order valence-corrected chi connectivity index (χ3v) is 5.83. The molecule has 2 atom stereocenters. The van der Waals surface area contributed by atoms with Crippen LogP contribution in [0.1, 0.15) is 22.7 Å². The summed E-state index contributed by atoms with van der Waals surface area (Å²) in [5.41, 5.74) is -1.37. The van der Waals surface area contributed by atoms with Gasteiger partial charge < -0.3 is 24.1 Å². The van der Waals surface area contributed by atoms with Crippen molar-refractivity contribution in [1.29, 1.82) is 0 Å². The van der Waals surface area contributed by atoms with E-state index in [4.69, 9.17) is 14.3 Å². The fourth-order valence-electron chi connectivity index (χ4n) is 2.35. The zero-order valence-corrected chi connectivity index (χ0v) is 14.4. The summed E-state index contributed by atoms with van der Waals surface area (Å²) in [6.07, 6.45) is 2.30. The zero-order valence-electron chi connectivity index (χ0n) is 12.6. The second-order valence-corrected chi connectivity index (χ2v) is 8.61. The minimum Gasteiger partial charge on any atom is -0.361 e. The van der Waals surface area contributed by atoms with Crippen molar-refractivity contribution in [1.82, 2.24) is 10.1 Å². The average Bonchev–Trinajstić information content (AvgIpc) is 2.76. The van der Waals surface area contributed by atoms with Crippen LogP contribution in [0.5, 0.6) is 0 Å². The Morgan fingerprint density at radius 2 is 1.75 bits per heavy atom. The van der Waals surface area contributed by atoms with Gasteiger partial charge in [-0.3, -0.25) is 14.1 Å². The fraction of sp³-hybridized carbons (Fsp3) is 0.333. The summed E-state index contributed by atoms with van der Waals surface area (Å²) in [5, 5.41) is 3.74. The fourth-order valence-corrected chi connectivity index (χ4v) is 4.78. The van der Waals surface area contributed by atoms with E-state index in [2.05, 4.69) is 10.1 Å². The van der Waals surface area contributed by atoms with Gasteiger partial charge in [-0.25, -0.2) is 4.39 Å². The van der Waals surface area contributed by atoms with Crippen molar-refractivity contribution in [2.75, 3.05) is 0 Å². The van der Waals surface area contributed by atoms with Crippen LogP contribution in [0.3, 0.4) is 0 Å². The molecule has 132 valence electrons. The first kappa shape index (κ1) is 18.9. The standard InChI is InChI=1S/C12H15FN2O7P2/c1-6-10(7(2)22-15-6)8-3-9(5-14-4-8)11(23(16,17)18)12(13)24(19,20)21/h3-5,11-12H,1-2H3,(H2,16,17,18)(H2,19,20,21). The Kier molecular flexibility index (Phi) is 5.11. The molecule has 4 N–H and O–H groups in total. The number of halogens is 1. The van der Waals surface area contributed by atoms with E-state index in [0.29, 0.717) is 22.6 Å². The molecule has 2 aromatic heterocycles. The van der Waals surface area contributed by atoms with Gasteiger partial charge in [0.05, 0.1) is 5.69 Å². The molecule has 12 heteroatoms. The molecule has 2 unspecified atom stereocenters. The molecule has 2 rings (SSSR count). The SMILES string of the molecule is Cc1noc(C)c1-c1cncc(C(C(F)P(=O)(O)O)P(=O)(O)O)c1. The van der Waals surface area contributed by atoms with Crippen molar-refractivity contribution >= 4 is 15.2 Å². The first-order valence-corrected chi connectivity index (χ1v) is 9.92. The average molecular weight is 380 g/mol. The summed E-state index contributed by atoms with van der Waals surface area (Å²) >= 11 is 0. The van der Waals surface area contributed by atoms with Gasteiger partial charge in [-0.1, -0.05) is 5.16 Å². The molecule has 0 aromatic carbocycles. The maximum Gasteiger partial charge on any atom is 0.360 e. The van der Waals surface area contributed by atoms with Crippen molar-refractivity contribution in [3.63, 3.8) is 0 Å². The third kappa shape index (κ3) is 3.80. The van der Waals surface area contributed by atoms with Gasteiger partial charge in [0.2, 0.25) is 5.91 Å². The highest BCUT2D eigenvalue weighted by atomic mass is 31.2. The normalized spacial score (nSPS) is 15.3. The summed E-state index contributed by atoms with van der Waals surface area (Å²) in [6, 6.07) is 1.20. The van der Waals surface area contributed by atoms with Crippen LogP contribution in [-0.2, 0) is 9.13 Å². The molecule has 9 nitrogen and oxygen atoms in total. The second-order valence-electron chi connectivity index (χ2n) is 5.20. The lowest BCUT2D eigenvalue weighted by atomic mass is 10.0. The number of aromatic nitrogens is 2. The summed E-state index contributed by atoms with van der Waals surface area (Å²) < 4.78 is 41.8. The van der Waals surface area contributed by atoms with Crippen LogP contribution in [0.15, 0.2) is 23.0 Å². The molecule has 0 amide bonds. The van der Waals surface area contributed by atoms with Gasteiger partial charge in [-0.2, -0.15) is 0 Å². The number of aryl methyl sites for hydroxylation is 2. The summed E-state index contributed by atoms with van der Waals surface area (Å²) in [6.45, 7) is 3.24. The van der Waals surface area contributed by atoms with E-state index < -0.39 is 26.8 Å². The number of alkyl halides is 1. The molecule has 0 saturated carbocycles. The van der Waals surface area contributed by atoms with Gasteiger partial charge in [-0.05, 0) is 25.5 Å². The summed E-state index contributed by atoms with van der Waals surface area (Å²) in [7, 11) is -10.6. The highest BCUT2D eigenvalue weighted by Crippen LogP contribution is 2.62. The molecule has 0 fully saturated rings. The molecular formula is C12H15FN2O7P2. The van der Waals surface area contributed by atoms with Gasteiger partial charge in [0, 0.05) is 23.5 Å². The van der Waals surface area contributed by atoms with Gasteiger partial charge in [-0.15, -0.1) is 0 Å². The van der Waals surface area contributed by atoms with E-state index in [1.54, 1.807) is 13.8 Å². The molecule has 0 aliphatic rings. The lowest BCUT2D eigenvalue weighted by Gasteiger charge is -2.23. The third-order valence-electron chi connectivity index (χ3n) is 3.37. The van der Waals surface area contributed by atoms with Crippen molar-refractivity contribution in [3.05, 3.63) is 35.5 Å². The lowest BCUT2D eigenvalue weighted by molar-refractivity contribution is 0.272. The zero-order chi connectivity index (χ0) is 18.3. The maximum absolute atomic E-state index is 14.1. The molecule has 0 bridgehead atoms. The van der Waals surface area contributed by atoms with Crippen LogP contribution >= 0.6 is 15.2 Å². The minimum absolute atomic E-state index is 0.333. The van der Waals surface area contributed by atoms with Crippen LogP contribution in [0.25, 0.3) is 11.1 Å². The van der Waals surface area contributed by atoms with Crippen molar-refractivity contribution in [2.45, 2.75) is 25.4 Å². The van der Waals surface area contributed by atoms with E-state index in [0.717, 1.165) is 6.20 Å². The van der Waals surface area contributed by atoms with Crippen LogP contribution in [-0.4, -0.2) is 35.6 Å². The highest BCUT2D eigenvalue weighted by molar-refractivity contribution is 7.56. The van der Waals surface area contributed by atoms with E-state index in [9.17, 15) is 23.3 Å². The Labute approximate surface area is 135 Å². The highest BCUT2D eigenvalue weighted by Gasteiger charge is 2.47. The molecule has 2 heterocycles. The Morgan fingerprint density at radius 3 is 2.21 bits per heavy atom. The Bertz CT molecular complexity index is 824. The molecule has 24 heavy (non-hydrogen) atoms. The lowest BCUT2D eigenvalue weighted by Crippen LogP contribution is -2.15. The molecular weight excluding hydrogens is 365 g/mol. The van der Waals surface area contributed by atoms with Crippen LogP contribution in [0, 0.1) is 13.8 Å². The van der Waals surface area contributed by atoms with Crippen LogP contribution < -0.4 is 0 Å². The van der Waals surface area contributed by atoms with Gasteiger partial charge in [0.25, 0.3) is 0 Å². The minimum atomic E-state index is -5.39. The monoisotopic (exact) mass is 380 g/mol. The molecule has 0 saturated heterocycles. The maximum atomic E-state index is 14.1. The quantitative estimate of drug-likeness (QED) is 0.571. The Hall–Kier alpha value is -1.41. The largest absolute Gasteiger partial charge is 0.361 e. The number of nitrogens with zero attached hydrogens (tertiary/aromatic N) is 2.